The topological polar surface area (TPSA) is 59.9 Å². The van der Waals surface area contributed by atoms with Crippen LogP contribution in [0.5, 0.6) is 6.01 Å². The van der Waals surface area contributed by atoms with Crippen LogP contribution < -0.4 is 10.1 Å². The van der Waals surface area contributed by atoms with Gasteiger partial charge < -0.3 is 10.1 Å². The van der Waals surface area contributed by atoms with Crippen molar-refractivity contribution in [2.75, 3.05) is 18.5 Å². The molecule has 2 aromatic rings. The van der Waals surface area contributed by atoms with Crippen LogP contribution in [0.3, 0.4) is 0 Å². The van der Waals surface area contributed by atoms with Gasteiger partial charge in [-0.25, -0.2) is 0 Å². The number of aromatic nitrogens is 3. The summed E-state index contributed by atoms with van der Waals surface area (Å²) in [7, 11) is 0. The Kier molecular flexibility index (Phi) is 5.32. The van der Waals surface area contributed by atoms with Crippen molar-refractivity contribution in [1.29, 1.82) is 0 Å². The molecule has 2 rings (SSSR count). The minimum Gasteiger partial charge on any atom is -0.459 e. The highest BCUT2D eigenvalue weighted by Crippen LogP contribution is 2.11. The van der Waals surface area contributed by atoms with Crippen molar-refractivity contribution in [3.8, 4) is 6.01 Å². The lowest BCUT2D eigenvalue weighted by Gasteiger charge is -2.04. The van der Waals surface area contributed by atoms with E-state index in [2.05, 4.69) is 20.3 Å². The second kappa shape index (κ2) is 7.45. The van der Waals surface area contributed by atoms with Crippen LogP contribution in [0.4, 0.5) is 5.95 Å². The number of anilines is 1. The lowest BCUT2D eigenvalue weighted by molar-refractivity contribution is 0.333. The molecule has 6 heteroatoms. The summed E-state index contributed by atoms with van der Waals surface area (Å²) >= 11 is 5.79. The molecular weight excluding hydrogens is 276 g/mol. The van der Waals surface area contributed by atoms with E-state index in [0.717, 1.165) is 5.56 Å². The van der Waals surface area contributed by atoms with Crippen LogP contribution in [0, 0.1) is 0 Å². The predicted octanol–water partition coefficient (Wildman–Crippen LogP) is 3.05. The van der Waals surface area contributed by atoms with Crippen LogP contribution in [0.15, 0.2) is 36.4 Å². The van der Waals surface area contributed by atoms with Crippen molar-refractivity contribution in [2.45, 2.75) is 6.92 Å². The molecule has 0 bridgehead atoms. The first-order valence-electron chi connectivity index (χ1n) is 6.28. The van der Waals surface area contributed by atoms with E-state index in [1.54, 1.807) is 0 Å². The van der Waals surface area contributed by atoms with Crippen molar-refractivity contribution < 1.29 is 4.74 Å². The maximum Gasteiger partial charge on any atom is 0.322 e. The molecule has 0 saturated carbocycles. The van der Waals surface area contributed by atoms with Gasteiger partial charge in [-0.2, -0.15) is 15.0 Å². The molecule has 20 heavy (non-hydrogen) atoms. The molecule has 104 valence electrons. The van der Waals surface area contributed by atoms with Crippen molar-refractivity contribution >= 4 is 23.6 Å². The number of hydrogen-bond acceptors (Lipinski definition) is 5. The molecular formula is C14H15ClN4O. The van der Waals surface area contributed by atoms with E-state index in [-0.39, 0.29) is 11.3 Å². The molecule has 0 aliphatic rings. The Morgan fingerprint density at radius 2 is 2.00 bits per heavy atom. The highest BCUT2D eigenvalue weighted by molar-refractivity contribution is 6.28. The van der Waals surface area contributed by atoms with Crippen LogP contribution in [0.25, 0.3) is 6.08 Å². The summed E-state index contributed by atoms with van der Waals surface area (Å²) < 4.78 is 5.42. The van der Waals surface area contributed by atoms with Gasteiger partial charge in [0.1, 0.15) is 6.61 Å². The summed E-state index contributed by atoms with van der Waals surface area (Å²) in [4.78, 5) is 11.9. The van der Waals surface area contributed by atoms with Gasteiger partial charge in [0.2, 0.25) is 11.2 Å². The van der Waals surface area contributed by atoms with Crippen LogP contribution in [-0.4, -0.2) is 28.1 Å². The third-order valence-electron chi connectivity index (χ3n) is 2.34. The third kappa shape index (κ3) is 4.51. The summed E-state index contributed by atoms with van der Waals surface area (Å²) in [6.07, 6.45) is 3.86. The molecule has 1 N–H and O–H groups in total. The minimum atomic E-state index is 0.109. The van der Waals surface area contributed by atoms with E-state index in [1.807, 2.05) is 49.4 Å². The van der Waals surface area contributed by atoms with Gasteiger partial charge in [0.25, 0.3) is 0 Å². The van der Waals surface area contributed by atoms with E-state index >= 15 is 0 Å². The number of halogens is 1. The summed E-state index contributed by atoms with van der Waals surface area (Å²) in [5.74, 6) is 0.412. The van der Waals surface area contributed by atoms with Crippen molar-refractivity contribution in [3.63, 3.8) is 0 Å². The molecule has 0 unspecified atom stereocenters. The quantitative estimate of drug-likeness (QED) is 0.886. The van der Waals surface area contributed by atoms with Gasteiger partial charge in [-0.1, -0.05) is 36.4 Å². The summed E-state index contributed by atoms with van der Waals surface area (Å²) in [5, 5.41) is 3.07. The summed E-state index contributed by atoms with van der Waals surface area (Å²) in [5.41, 5.74) is 1.11. The van der Waals surface area contributed by atoms with E-state index in [1.165, 1.54) is 0 Å². The SMILES string of the molecule is CCNc1nc(Cl)nc(OC/C=C/c2ccccc2)n1. The fraction of sp³-hybridized carbons (Fsp3) is 0.214. The number of nitrogens with one attached hydrogen (secondary N) is 1. The Labute approximate surface area is 122 Å². The first-order chi connectivity index (χ1) is 9.78. The first kappa shape index (κ1) is 14.3. The van der Waals surface area contributed by atoms with E-state index in [4.69, 9.17) is 16.3 Å². The predicted molar refractivity (Wildman–Crippen MR) is 80.0 cm³/mol. The Balaban J connectivity index is 1.92. The molecule has 0 amide bonds. The Bertz CT molecular complexity index is 575. The zero-order valence-electron chi connectivity index (χ0n) is 11.1. The van der Waals surface area contributed by atoms with Crippen molar-refractivity contribution in [1.82, 2.24) is 15.0 Å². The molecule has 0 spiro atoms. The fourth-order valence-corrected chi connectivity index (χ4v) is 1.66. The Hall–Kier alpha value is -2.14. The van der Waals surface area contributed by atoms with Gasteiger partial charge in [0.15, 0.2) is 0 Å². The van der Waals surface area contributed by atoms with E-state index in [9.17, 15) is 0 Å². The number of benzene rings is 1. The molecule has 0 radical (unpaired) electrons. The molecule has 0 saturated heterocycles. The Morgan fingerprint density at radius 1 is 1.20 bits per heavy atom. The van der Waals surface area contributed by atoms with Gasteiger partial charge in [-0.15, -0.1) is 0 Å². The highest BCUT2D eigenvalue weighted by Gasteiger charge is 2.04. The van der Waals surface area contributed by atoms with Gasteiger partial charge in [0, 0.05) is 6.54 Å². The average molecular weight is 291 g/mol. The fourth-order valence-electron chi connectivity index (χ4n) is 1.50. The van der Waals surface area contributed by atoms with E-state index < -0.39 is 0 Å². The zero-order valence-corrected chi connectivity index (χ0v) is 11.8. The van der Waals surface area contributed by atoms with Gasteiger partial charge >= 0.3 is 6.01 Å². The lowest BCUT2D eigenvalue weighted by Crippen LogP contribution is -2.06. The highest BCUT2D eigenvalue weighted by atomic mass is 35.5. The normalized spacial score (nSPS) is 10.7. The van der Waals surface area contributed by atoms with E-state index in [0.29, 0.717) is 19.1 Å². The van der Waals surface area contributed by atoms with Gasteiger partial charge in [-0.05, 0) is 30.2 Å². The standard InChI is InChI=1S/C14H15ClN4O/c1-2-16-13-17-12(15)18-14(19-13)20-10-6-9-11-7-4-3-5-8-11/h3-9H,2,10H2,1H3,(H,16,17,18,19)/b9-6+. The number of ether oxygens (including phenoxy) is 1. The summed E-state index contributed by atoms with van der Waals surface area (Å²) in [6, 6.07) is 10.2. The molecule has 1 heterocycles. The maximum atomic E-state index is 5.79. The van der Waals surface area contributed by atoms with Crippen molar-refractivity contribution in [3.05, 3.63) is 47.3 Å². The molecule has 0 atom stereocenters. The van der Waals surface area contributed by atoms with Crippen LogP contribution in [0.1, 0.15) is 12.5 Å². The third-order valence-corrected chi connectivity index (χ3v) is 2.51. The number of hydrogen-bond donors (Lipinski definition) is 1. The Morgan fingerprint density at radius 3 is 2.75 bits per heavy atom. The average Bonchev–Trinajstić information content (AvgIpc) is 2.45. The van der Waals surface area contributed by atoms with Crippen molar-refractivity contribution in [2.24, 2.45) is 0 Å². The van der Waals surface area contributed by atoms with Gasteiger partial charge in [0.05, 0.1) is 0 Å². The molecule has 0 fully saturated rings. The molecule has 0 aliphatic carbocycles. The molecule has 0 aliphatic heterocycles. The molecule has 5 nitrogen and oxygen atoms in total. The molecule has 1 aromatic heterocycles. The number of nitrogens with zero attached hydrogens (tertiary/aromatic N) is 3. The first-order valence-corrected chi connectivity index (χ1v) is 6.65. The minimum absolute atomic E-state index is 0.109. The zero-order chi connectivity index (χ0) is 14.2. The smallest absolute Gasteiger partial charge is 0.322 e. The molecule has 1 aromatic carbocycles. The van der Waals surface area contributed by atoms with Crippen LogP contribution >= 0.6 is 11.6 Å². The van der Waals surface area contributed by atoms with Gasteiger partial charge in [-0.3, -0.25) is 0 Å². The monoisotopic (exact) mass is 290 g/mol. The summed E-state index contributed by atoms with van der Waals surface area (Å²) in [6.45, 7) is 3.01. The maximum absolute atomic E-state index is 5.79. The van der Waals surface area contributed by atoms with Crippen LogP contribution in [-0.2, 0) is 0 Å². The van der Waals surface area contributed by atoms with Crippen LogP contribution in [0.2, 0.25) is 5.28 Å². The lowest BCUT2D eigenvalue weighted by atomic mass is 10.2. The second-order valence-corrected chi connectivity index (χ2v) is 4.20. The second-order valence-electron chi connectivity index (χ2n) is 3.87. The number of rotatable bonds is 6. The largest absolute Gasteiger partial charge is 0.459 e.